The van der Waals surface area contributed by atoms with Crippen LogP contribution in [0.4, 0.5) is 0 Å². The molecule has 2 unspecified atom stereocenters. The van der Waals surface area contributed by atoms with E-state index in [2.05, 4.69) is 4.72 Å². The Morgan fingerprint density at radius 2 is 1.93 bits per heavy atom. The van der Waals surface area contributed by atoms with Crippen molar-refractivity contribution >= 4 is 25.8 Å². The summed E-state index contributed by atoms with van der Waals surface area (Å²) in [6.07, 6.45) is 1.88. The van der Waals surface area contributed by atoms with Crippen LogP contribution in [0.3, 0.4) is 0 Å². The van der Waals surface area contributed by atoms with Crippen LogP contribution in [0.1, 0.15) is 32.3 Å². The number of aryl methyl sites for hydroxylation is 1. The normalized spacial score (nSPS) is 19.4. The molecule has 0 saturated carbocycles. The van der Waals surface area contributed by atoms with Gasteiger partial charge in [-0.25, -0.2) is 16.8 Å². The zero-order valence-corrected chi connectivity index (χ0v) is 17.8. The van der Waals surface area contributed by atoms with Gasteiger partial charge in [0.2, 0.25) is 15.9 Å². The second kappa shape index (κ2) is 8.28. The molecule has 7 nitrogen and oxygen atoms in total. The van der Waals surface area contributed by atoms with Gasteiger partial charge in [0.15, 0.2) is 9.84 Å². The number of carbonyl (C=O) groups is 1. The minimum Gasteiger partial charge on any atom is -0.340 e. The average Bonchev–Trinajstić information content (AvgIpc) is 3.03. The van der Waals surface area contributed by atoms with E-state index < -0.39 is 31.2 Å². The number of rotatable bonds is 7. The summed E-state index contributed by atoms with van der Waals surface area (Å²) in [6, 6.07) is 5.57. The molecule has 1 aromatic carbocycles. The van der Waals surface area contributed by atoms with Gasteiger partial charge in [0.25, 0.3) is 0 Å². The third kappa shape index (κ3) is 5.76. The maximum atomic E-state index is 12.9. The summed E-state index contributed by atoms with van der Waals surface area (Å²) in [7, 11) is -7.09. The largest absolute Gasteiger partial charge is 0.340 e. The second-order valence-electron chi connectivity index (χ2n) is 7.64. The van der Waals surface area contributed by atoms with Gasteiger partial charge in [0.1, 0.15) is 6.04 Å². The number of likely N-dealkylation sites (tertiary alicyclic amines) is 1. The van der Waals surface area contributed by atoms with Crippen molar-refractivity contribution in [2.24, 2.45) is 5.92 Å². The molecule has 1 N–H and O–H groups in total. The van der Waals surface area contributed by atoms with E-state index in [-0.39, 0.29) is 23.3 Å². The van der Waals surface area contributed by atoms with Gasteiger partial charge in [-0.2, -0.15) is 4.72 Å². The van der Waals surface area contributed by atoms with Crippen LogP contribution in [-0.4, -0.2) is 58.3 Å². The van der Waals surface area contributed by atoms with Crippen LogP contribution in [0.2, 0.25) is 0 Å². The molecule has 0 aliphatic carbocycles. The smallest absolute Gasteiger partial charge is 0.241 e. The third-order valence-electron chi connectivity index (χ3n) is 4.66. The summed E-state index contributed by atoms with van der Waals surface area (Å²) in [5, 5.41) is -0.588. The van der Waals surface area contributed by atoms with E-state index in [0.29, 0.717) is 19.4 Å². The van der Waals surface area contributed by atoms with Gasteiger partial charge in [-0.05, 0) is 43.4 Å². The highest BCUT2D eigenvalue weighted by atomic mass is 32.2. The van der Waals surface area contributed by atoms with Gasteiger partial charge in [0, 0.05) is 19.3 Å². The summed E-state index contributed by atoms with van der Waals surface area (Å²) >= 11 is 0. The molecule has 0 radical (unpaired) electrons. The fourth-order valence-electron chi connectivity index (χ4n) is 3.21. The molecule has 1 fully saturated rings. The van der Waals surface area contributed by atoms with Crippen molar-refractivity contribution in [2.75, 3.05) is 19.3 Å². The highest BCUT2D eigenvalue weighted by Gasteiger charge is 2.36. The lowest BCUT2D eigenvalue weighted by Crippen LogP contribution is -2.48. The van der Waals surface area contributed by atoms with Crippen LogP contribution >= 0.6 is 0 Å². The molecule has 1 saturated heterocycles. The molecular weight excluding hydrogens is 388 g/mol. The predicted molar refractivity (Wildman–Crippen MR) is 105 cm³/mol. The summed E-state index contributed by atoms with van der Waals surface area (Å²) in [4.78, 5) is 14.5. The summed E-state index contributed by atoms with van der Waals surface area (Å²) < 4.78 is 51.5. The lowest BCUT2D eigenvalue weighted by Gasteiger charge is -2.25. The highest BCUT2D eigenvalue weighted by Crippen LogP contribution is 2.20. The van der Waals surface area contributed by atoms with E-state index in [9.17, 15) is 21.6 Å². The van der Waals surface area contributed by atoms with Crippen molar-refractivity contribution in [3.8, 4) is 0 Å². The first-order valence-corrected chi connectivity index (χ1v) is 12.4. The average molecular weight is 417 g/mol. The number of amides is 1. The Hall–Kier alpha value is -1.45. The number of sulfone groups is 1. The molecule has 1 aromatic rings. The number of carbonyl (C=O) groups excluding carboxylic acids is 1. The van der Waals surface area contributed by atoms with E-state index in [0.717, 1.165) is 11.8 Å². The van der Waals surface area contributed by atoms with Crippen LogP contribution in [0.25, 0.3) is 0 Å². The molecular formula is C18H28N2O5S2. The summed E-state index contributed by atoms with van der Waals surface area (Å²) in [6.45, 7) is 6.04. The molecule has 1 heterocycles. The second-order valence-corrected chi connectivity index (χ2v) is 11.7. The van der Waals surface area contributed by atoms with Crippen molar-refractivity contribution in [3.05, 3.63) is 29.8 Å². The van der Waals surface area contributed by atoms with Crippen LogP contribution in [0.15, 0.2) is 29.2 Å². The zero-order chi connectivity index (χ0) is 20.4. The van der Waals surface area contributed by atoms with Crippen molar-refractivity contribution < 1.29 is 21.6 Å². The van der Waals surface area contributed by atoms with E-state index in [4.69, 9.17) is 0 Å². The molecule has 0 spiro atoms. The third-order valence-corrected chi connectivity index (χ3v) is 7.73. The Morgan fingerprint density at radius 3 is 2.44 bits per heavy atom. The van der Waals surface area contributed by atoms with Crippen molar-refractivity contribution in [3.63, 3.8) is 0 Å². The monoisotopic (exact) mass is 416 g/mol. The van der Waals surface area contributed by atoms with E-state index in [1.165, 1.54) is 11.0 Å². The van der Waals surface area contributed by atoms with Gasteiger partial charge >= 0.3 is 0 Å². The van der Waals surface area contributed by atoms with Gasteiger partial charge in [-0.3, -0.25) is 4.79 Å². The van der Waals surface area contributed by atoms with Crippen LogP contribution in [-0.2, 0) is 24.7 Å². The number of hydrogen-bond acceptors (Lipinski definition) is 5. The van der Waals surface area contributed by atoms with Crippen LogP contribution < -0.4 is 4.72 Å². The first-order chi connectivity index (χ1) is 12.4. The van der Waals surface area contributed by atoms with E-state index >= 15 is 0 Å². The van der Waals surface area contributed by atoms with E-state index in [1.807, 2.05) is 13.8 Å². The molecule has 2 atom stereocenters. The van der Waals surface area contributed by atoms with Gasteiger partial charge in [0.05, 0.1) is 10.1 Å². The number of sulfonamides is 1. The fraction of sp³-hybridized carbons (Fsp3) is 0.611. The number of hydrogen-bond donors (Lipinski definition) is 1. The zero-order valence-electron chi connectivity index (χ0n) is 16.2. The molecule has 2 rings (SSSR count). The summed E-state index contributed by atoms with van der Waals surface area (Å²) in [5.74, 6) is -0.279. The quantitative estimate of drug-likeness (QED) is 0.723. The predicted octanol–water partition coefficient (Wildman–Crippen LogP) is 1.33. The maximum Gasteiger partial charge on any atom is 0.241 e. The lowest BCUT2D eigenvalue weighted by molar-refractivity contribution is -0.132. The molecule has 9 heteroatoms. The van der Waals surface area contributed by atoms with Gasteiger partial charge < -0.3 is 4.90 Å². The fourth-order valence-corrected chi connectivity index (χ4v) is 5.50. The first-order valence-electron chi connectivity index (χ1n) is 8.97. The van der Waals surface area contributed by atoms with Gasteiger partial charge in [-0.1, -0.05) is 26.0 Å². The topological polar surface area (TPSA) is 101 Å². The Morgan fingerprint density at radius 1 is 1.26 bits per heavy atom. The Kier molecular flexibility index (Phi) is 6.70. The van der Waals surface area contributed by atoms with E-state index in [1.54, 1.807) is 25.1 Å². The number of nitrogens with zero attached hydrogens (tertiary/aromatic N) is 1. The summed E-state index contributed by atoms with van der Waals surface area (Å²) in [5.41, 5.74) is 0.806. The Labute approximate surface area is 162 Å². The minimum absolute atomic E-state index is 0.0902. The molecule has 27 heavy (non-hydrogen) atoms. The molecule has 1 aliphatic rings. The number of nitrogens with one attached hydrogen (secondary N) is 1. The minimum atomic E-state index is -3.86. The standard InChI is InChI=1S/C18H28N2O5S2/c1-13(2)10-17(18(21)20-9-8-16(12-20)26(4,22)23)19-27(24,25)15-7-5-6-14(3)11-15/h5-7,11,13,16-17,19H,8-10,12H2,1-4H3. The molecule has 0 bridgehead atoms. The molecule has 1 amide bonds. The Bertz CT molecular complexity index is 894. The molecule has 0 aromatic heterocycles. The van der Waals surface area contributed by atoms with Crippen molar-refractivity contribution in [1.82, 2.24) is 9.62 Å². The maximum absolute atomic E-state index is 12.9. The van der Waals surface area contributed by atoms with Crippen LogP contribution in [0, 0.1) is 12.8 Å². The first kappa shape index (κ1) is 21.8. The SMILES string of the molecule is Cc1cccc(S(=O)(=O)NC(CC(C)C)C(=O)N2CCC(S(C)(=O)=O)C2)c1. The van der Waals surface area contributed by atoms with Gasteiger partial charge in [-0.15, -0.1) is 0 Å². The molecule has 152 valence electrons. The molecule has 1 aliphatic heterocycles. The van der Waals surface area contributed by atoms with Crippen LogP contribution in [0.5, 0.6) is 0 Å². The lowest BCUT2D eigenvalue weighted by atomic mass is 10.0. The number of benzene rings is 1. The Balaban J connectivity index is 2.21. The van der Waals surface area contributed by atoms with Crippen molar-refractivity contribution in [1.29, 1.82) is 0 Å². The highest BCUT2D eigenvalue weighted by molar-refractivity contribution is 7.91. The van der Waals surface area contributed by atoms with Crippen molar-refractivity contribution in [2.45, 2.75) is 49.8 Å².